The molecule has 1 aromatic rings. The van der Waals surface area contributed by atoms with Crippen molar-refractivity contribution in [1.29, 1.82) is 0 Å². The van der Waals surface area contributed by atoms with Crippen LogP contribution in [0.2, 0.25) is 0 Å². The number of benzene rings is 1. The normalized spacial score (nSPS) is 18.6. The molecule has 1 aromatic carbocycles. The third kappa shape index (κ3) is 1.91. The van der Waals surface area contributed by atoms with Gasteiger partial charge in [0.25, 0.3) is 0 Å². The quantitative estimate of drug-likeness (QED) is 0.836. The molecule has 1 fully saturated rings. The van der Waals surface area contributed by atoms with E-state index in [2.05, 4.69) is 15.9 Å². The van der Waals surface area contributed by atoms with Gasteiger partial charge in [0.1, 0.15) is 5.75 Å². The maximum atomic E-state index is 12.7. The van der Waals surface area contributed by atoms with Crippen molar-refractivity contribution >= 4 is 15.9 Å². The van der Waals surface area contributed by atoms with E-state index in [9.17, 15) is 18.3 Å². The summed E-state index contributed by atoms with van der Waals surface area (Å²) in [7, 11) is 0. The molecule has 1 aliphatic carbocycles. The van der Waals surface area contributed by atoms with Crippen LogP contribution in [-0.4, -0.2) is 5.11 Å². The molecular formula is C10H9BrF3NO. The Balaban J connectivity index is 2.62. The van der Waals surface area contributed by atoms with Crippen molar-refractivity contribution in [2.24, 2.45) is 5.73 Å². The average Bonchev–Trinajstić information content (AvgIpc) is 2.87. The maximum absolute atomic E-state index is 12.7. The standard InChI is InChI=1S/C10H9BrF3NO/c11-7-3-5(9(15)1-2-9)6(4-8(7)16)10(12,13)14/h3-4,16H,1-2,15H2. The van der Waals surface area contributed by atoms with Crippen molar-refractivity contribution in [3.8, 4) is 5.75 Å². The maximum Gasteiger partial charge on any atom is 0.416 e. The van der Waals surface area contributed by atoms with Crippen LogP contribution in [0.5, 0.6) is 5.75 Å². The van der Waals surface area contributed by atoms with Crippen LogP contribution >= 0.6 is 15.9 Å². The van der Waals surface area contributed by atoms with Crippen LogP contribution < -0.4 is 5.73 Å². The zero-order chi connectivity index (χ0) is 12.1. The summed E-state index contributed by atoms with van der Waals surface area (Å²) >= 11 is 2.99. The Bertz CT molecular complexity index is 410. The molecule has 88 valence electrons. The van der Waals surface area contributed by atoms with Gasteiger partial charge in [0.05, 0.1) is 10.0 Å². The van der Waals surface area contributed by atoms with E-state index in [-0.39, 0.29) is 10.0 Å². The van der Waals surface area contributed by atoms with Crippen LogP contribution in [0.25, 0.3) is 0 Å². The summed E-state index contributed by atoms with van der Waals surface area (Å²) in [5.74, 6) is -0.430. The highest BCUT2D eigenvalue weighted by atomic mass is 79.9. The van der Waals surface area contributed by atoms with Crippen molar-refractivity contribution in [3.63, 3.8) is 0 Å². The summed E-state index contributed by atoms with van der Waals surface area (Å²) in [6.07, 6.45) is -3.43. The molecule has 0 atom stereocenters. The van der Waals surface area contributed by atoms with Gasteiger partial charge in [-0.2, -0.15) is 13.2 Å². The van der Waals surface area contributed by atoms with E-state index in [0.717, 1.165) is 0 Å². The molecule has 0 spiro atoms. The number of nitrogens with two attached hydrogens (primary N) is 1. The van der Waals surface area contributed by atoms with Crippen molar-refractivity contribution < 1.29 is 18.3 Å². The molecule has 1 aliphatic rings. The topological polar surface area (TPSA) is 46.2 Å². The van der Waals surface area contributed by atoms with Gasteiger partial charge in [-0.25, -0.2) is 0 Å². The number of halogens is 4. The van der Waals surface area contributed by atoms with E-state index in [0.29, 0.717) is 18.9 Å². The molecule has 16 heavy (non-hydrogen) atoms. The fourth-order valence-corrected chi connectivity index (χ4v) is 1.96. The summed E-state index contributed by atoms with van der Waals surface area (Å²) in [4.78, 5) is 0. The third-order valence-electron chi connectivity index (χ3n) is 2.72. The lowest BCUT2D eigenvalue weighted by molar-refractivity contribution is -0.138. The predicted octanol–water partition coefficient (Wildman–Crippen LogP) is 3.12. The zero-order valence-corrected chi connectivity index (χ0v) is 9.69. The van der Waals surface area contributed by atoms with Crippen LogP contribution in [0.4, 0.5) is 13.2 Å². The first-order chi connectivity index (χ1) is 7.24. The highest BCUT2D eigenvalue weighted by molar-refractivity contribution is 9.10. The molecule has 0 unspecified atom stereocenters. The summed E-state index contributed by atoms with van der Waals surface area (Å²) in [5, 5.41) is 9.29. The molecular weight excluding hydrogens is 287 g/mol. The van der Waals surface area contributed by atoms with Crippen molar-refractivity contribution in [2.75, 3.05) is 0 Å². The second kappa shape index (κ2) is 3.37. The van der Waals surface area contributed by atoms with Crippen LogP contribution in [0.15, 0.2) is 16.6 Å². The van der Waals surface area contributed by atoms with E-state index >= 15 is 0 Å². The number of hydrogen-bond donors (Lipinski definition) is 2. The van der Waals surface area contributed by atoms with Crippen LogP contribution in [0, 0.1) is 0 Å². The first kappa shape index (κ1) is 11.7. The van der Waals surface area contributed by atoms with Gasteiger partial charge in [0, 0.05) is 5.54 Å². The Hall–Kier alpha value is -0.750. The minimum absolute atomic E-state index is 0.0460. The lowest BCUT2D eigenvalue weighted by Crippen LogP contribution is -2.23. The molecule has 0 aliphatic heterocycles. The lowest BCUT2D eigenvalue weighted by atomic mass is 9.98. The van der Waals surface area contributed by atoms with Gasteiger partial charge in [-0.05, 0) is 46.5 Å². The largest absolute Gasteiger partial charge is 0.507 e. The first-order valence-corrected chi connectivity index (χ1v) is 5.42. The Kier molecular flexibility index (Phi) is 2.47. The minimum Gasteiger partial charge on any atom is -0.507 e. The Labute approximate surface area is 98.4 Å². The van der Waals surface area contributed by atoms with E-state index < -0.39 is 23.0 Å². The van der Waals surface area contributed by atoms with Crippen LogP contribution in [0.1, 0.15) is 24.0 Å². The molecule has 1 saturated carbocycles. The van der Waals surface area contributed by atoms with E-state index in [1.165, 1.54) is 6.07 Å². The van der Waals surface area contributed by atoms with E-state index in [1.807, 2.05) is 0 Å². The second-order valence-electron chi connectivity index (χ2n) is 4.00. The van der Waals surface area contributed by atoms with Crippen molar-refractivity contribution in [1.82, 2.24) is 0 Å². The van der Waals surface area contributed by atoms with E-state index in [4.69, 9.17) is 5.73 Å². The summed E-state index contributed by atoms with van der Waals surface area (Å²) in [5.41, 5.74) is 4.09. The highest BCUT2D eigenvalue weighted by Crippen LogP contribution is 2.49. The van der Waals surface area contributed by atoms with Crippen LogP contribution in [-0.2, 0) is 11.7 Å². The summed E-state index contributed by atoms with van der Waals surface area (Å²) < 4.78 is 38.4. The minimum atomic E-state index is -4.50. The number of aromatic hydroxyl groups is 1. The Morgan fingerprint density at radius 3 is 2.31 bits per heavy atom. The Morgan fingerprint density at radius 2 is 1.88 bits per heavy atom. The summed E-state index contributed by atoms with van der Waals surface area (Å²) in [6, 6.07) is 1.97. The van der Waals surface area contributed by atoms with Gasteiger partial charge < -0.3 is 10.8 Å². The van der Waals surface area contributed by atoms with E-state index in [1.54, 1.807) is 0 Å². The molecule has 6 heteroatoms. The van der Waals surface area contributed by atoms with Gasteiger partial charge in [-0.3, -0.25) is 0 Å². The predicted molar refractivity (Wildman–Crippen MR) is 55.9 cm³/mol. The van der Waals surface area contributed by atoms with Crippen LogP contribution in [0.3, 0.4) is 0 Å². The van der Waals surface area contributed by atoms with Gasteiger partial charge in [0.15, 0.2) is 0 Å². The third-order valence-corrected chi connectivity index (χ3v) is 3.35. The fourth-order valence-electron chi connectivity index (χ4n) is 1.61. The second-order valence-corrected chi connectivity index (χ2v) is 4.86. The molecule has 2 nitrogen and oxygen atoms in total. The summed E-state index contributed by atoms with van der Waals surface area (Å²) in [6.45, 7) is 0. The number of alkyl halides is 3. The first-order valence-electron chi connectivity index (χ1n) is 4.63. The number of phenols is 1. The molecule has 3 N–H and O–H groups in total. The molecule has 0 radical (unpaired) electrons. The highest BCUT2D eigenvalue weighted by Gasteiger charge is 2.47. The number of rotatable bonds is 1. The monoisotopic (exact) mass is 295 g/mol. The average molecular weight is 296 g/mol. The molecule has 0 bridgehead atoms. The van der Waals surface area contributed by atoms with Crippen molar-refractivity contribution in [2.45, 2.75) is 24.6 Å². The number of hydrogen-bond acceptors (Lipinski definition) is 2. The molecule has 0 amide bonds. The van der Waals surface area contributed by atoms with Crippen molar-refractivity contribution in [3.05, 3.63) is 27.7 Å². The van der Waals surface area contributed by atoms with Gasteiger partial charge >= 0.3 is 6.18 Å². The van der Waals surface area contributed by atoms with Gasteiger partial charge in [0.2, 0.25) is 0 Å². The van der Waals surface area contributed by atoms with Gasteiger partial charge in [-0.1, -0.05) is 0 Å². The SMILES string of the molecule is NC1(c2cc(Br)c(O)cc2C(F)(F)F)CC1. The van der Waals surface area contributed by atoms with Gasteiger partial charge in [-0.15, -0.1) is 0 Å². The Morgan fingerprint density at radius 1 is 1.31 bits per heavy atom. The molecule has 2 rings (SSSR count). The molecule has 0 aromatic heterocycles. The smallest absolute Gasteiger partial charge is 0.416 e. The molecule has 0 heterocycles. The fraction of sp³-hybridized carbons (Fsp3) is 0.400. The zero-order valence-electron chi connectivity index (χ0n) is 8.11. The lowest BCUT2D eigenvalue weighted by Gasteiger charge is -2.18. The number of phenolic OH excluding ortho intramolecular Hbond substituents is 1. The molecule has 0 saturated heterocycles.